The van der Waals surface area contributed by atoms with Gasteiger partial charge in [0.05, 0.1) is 12.5 Å². The average Bonchev–Trinajstić information content (AvgIpc) is 2.92. The Kier molecular flexibility index (Phi) is 5.35. The van der Waals surface area contributed by atoms with E-state index in [-0.39, 0.29) is 30.1 Å². The standard InChI is InChI=1S/C21H24N2O3/c1-13-10-18(11-14(2)22-13)26-9-8-16-4-6-17(7-5-16)15(3)19-12-20(24)23-21(19)25/h4-7,10-11,15,19H,8-9,12H2,1-3H3,(H,23,24,25)/t15-,19?/m1/s1. The van der Waals surface area contributed by atoms with E-state index in [0.29, 0.717) is 6.61 Å². The topological polar surface area (TPSA) is 68.3 Å². The number of hydrogen-bond donors (Lipinski definition) is 1. The molecule has 2 heterocycles. The van der Waals surface area contributed by atoms with E-state index in [0.717, 1.165) is 29.1 Å². The highest BCUT2D eigenvalue weighted by molar-refractivity contribution is 6.03. The van der Waals surface area contributed by atoms with Gasteiger partial charge < -0.3 is 4.74 Å². The van der Waals surface area contributed by atoms with E-state index in [1.165, 1.54) is 5.56 Å². The van der Waals surface area contributed by atoms with Gasteiger partial charge in [0.25, 0.3) is 0 Å². The van der Waals surface area contributed by atoms with E-state index < -0.39 is 0 Å². The molecule has 0 bridgehead atoms. The zero-order valence-corrected chi connectivity index (χ0v) is 15.4. The molecule has 26 heavy (non-hydrogen) atoms. The van der Waals surface area contributed by atoms with Crippen molar-refractivity contribution in [2.75, 3.05) is 6.61 Å². The van der Waals surface area contributed by atoms with Gasteiger partial charge in [0, 0.05) is 36.4 Å². The number of hydrogen-bond acceptors (Lipinski definition) is 4. The zero-order chi connectivity index (χ0) is 18.7. The molecule has 1 unspecified atom stereocenters. The second-order valence-corrected chi connectivity index (χ2v) is 6.94. The molecule has 1 fully saturated rings. The molecule has 1 aromatic carbocycles. The van der Waals surface area contributed by atoms with Crippen LogP contribution in [-0.4, -0.2) is 23.4 Å². The molecule has 1 aliphatic rings. The van der Waals surface area contributed by atoms with Crippen LogP contribution in [0, 0.1) is 19.8 Å². The lowest BCUT2D eigenvalue weighted by Crippen LogP contribution is -2.24. The third kappa shape index (κ3) is 4.28. The van der Waals surface area contributed by atoms with Crippen molar-refractivity contribution in [3.05, 3.63) is 58.9 Å². The van der Waals surface area contributed by atoms with Gasteiger partial charge in [0.2, 0.25) is 11.8 Å². The second kappa shape index (κ2) is 7.68. The SMILES string of the molecule is Cc1cc(OCCc2ccc([C@@H](C)C3CC(=O)NC3=O)cc2)cc(C)n1. The third-order valence-electron chi connectivity index (χ3n) is 4.83. The maximum Gasteiger partial charge on any atom is 0.230 e. The lowest BCUT2D eigenvalue weighted by atomic mass is 9.86. The lowest BCUT2D eigenvalue weighted by molar-refractivity contribution is -0.126. The van der Waals surface area contributed by atoms with Gasteiger partial charge in [-0.2, -0.15) is 0 Å². The lowest BCUT2D eigenvalue weighted by Gasteiger charge is -2.17. The second-order valence-electron chi connectivity index (χ2n) is 6.94. The molecule has 0 radical (unpaired) electrons. The summed E-state index contributed by atoms with van der Waals surface area (Å²) in [6, 6.07) is 12.1. The van der Waals surface area contributed by atoms with Crippen LogP contribution in [0.4, 0.5) is 0 Å². The summed E-state index contributed by atoms with van der Waals surface area (Å²) in [5.41, 5.74) is 4.15. The van der Waals surface area contributed by atoms with E-state index in [2.05, 4.69) is 22.4 Å². The number of amides is 2. The Hall–Kier alpha value is -2.69. The summed E-state index contributed by atoms with van der Waals surface area (Å²) in [4.78, 5) is 27.6. The first-order valence-corrected chi connectivity index (χ1v) is 8.93. The molecule has 5 heteroatoms. The Balaban J connectivity index is 1.56. The van der Waals surface area contributed by atoms with Crippen LogP contribution in [0.1, 0.15) is 41.8 Å². The minimum absolute atomic E-state index is 0.0227. The number of benzene rings is 1. The van der Waals surface area contributed by atoms with E-state index in [9.17, 15) is 9.59 Å². The number of nitrogens with zero attached hydrogens (tertiary/aromatic N) is 1. The maximum absolute atomic E-state index is 11.8. The van der Waals surface area contributed by atoms with Crippen LogP contribution in [0.3, 0.4) is 0 Å². The molecule has 2 amide bonds. The molecule has 3 rings (SSSR count). The number of rotatable bonds is 6. The van der Waals surface area contributed by atoms with Gasteiger partial charge in [0.15, 0.2) is 0 Å². The summed E-state index contributed by atoms with van der Waals surface area (Å²) in [6.07, 6.45) is 1.08. The first-order chi connectivity index (χ1) is 12.4. The van der Waals surface area contributed by atoms with Crippen LogP contribution >= 0.6 is 0 Å². The fraction of sp³-hybridized carbons (Fsp3) is 0.381. The van der Waals surface area contributed by atoms with Crippen LogP contribution in [0.15, 0.2) is 36.4 Å². The van der Waals surface area contributed by atoms with Crippen LogP contribution in [0.25, 0.3) is 0 Å². The maximum atomic E-state index is 11.8. The third-order valence-corrected chi connectivity index (χ3v) is 4.83. The Morgan fingerprint density at radius 3 is 2.38 bits per heavy atom. The number of imide groups is 1. The number of aryl methyl sites for hydroxylation is 2. The molecule has 1 N–H and O–H groups in total. The van der Waals surface area contributed by atoms with E-state index in [4.69, 9.17) is 4.74 Å². The van der Waals surface area contributed by atoms with Gasteiger partial charge in [-0.15, -0.1) is 0 Å². The smallest absolute Gasteiger partial charge is 0.230 e. The number of carbonyl (C=O) groups excluding carboxylic acids is 2. The molecule has 1 aliphatic heterocycles. The van der Waals surface area contributed by atoms with E-state index >= 15 is 0 Å². The van der Waals surface area contributed by atoms with E-state index in [1.54, 1.807) is 0 Å². The van der Waals surface area contributed by atoms with Crippen molar-refractivity contribution in [1.82, 2.24) is 10.3 Å². The van der Waals surface area contributed by atoms with Crippen LogP contribution < -0.4 is 10.1 Å². The molecule has 136 valence electrons. The minimum atomic E-state index is -0.269. The average molecular weight is 352 g/mol. The monoisotopic (exact) mass is 352 g/mol. The van der Waals surface area contributed by atoms with E-state index in [1.807, 2.05) is 45.0 Å². The van der Waals surface area contributed by atoms with Crippen molar-refractivity contribution in [2.45, 2.75) is 39.5 Å². The molecule has 0 aliphatic carbocycles. The van der Waals surface area contributed by atoms with Gasteiger partial charge in [-0.3, -0.25) is 19.9 Å². The van der Waals surface area contributed by atoms with Crippen LogP contribution in [0.2, 0.25) is 0 Å². The van der Waals surface area contributed by atoms with Gasteiger partial charge in [-0.1, -0.05) is 31.2 Å². The first kappa shape index (κ1) is 18.1. The number of nitrogens with one attached hydrogen (secondary N) is 1. The van der Waals surface area contributed by atoms with Gasteiger partial charge in [0.1, 0.15) is 5.75 Å². The predicted octanol–water partition coefficient (Wildman–Crippen LogP) is 3.09. The fourth-order valence-electron chi connectivity index (χ4n) is 3.36. The number of ether oxygens (including phenoxy) is 1. The molecule has 2 atom stereocenters. The highest BCUT2D eigenvalue weighted by Gasteiger charge is 2.35. The first-order valence-electron chi connectivity index (χ1n) is 8.93. The fourth-order valence-corrected chi connectivity index (χ4v) is 3.36. The molecule has 5 nitrogen and oxygen atoms in total. The highest BCUT2D eigenvalue weighted by Crippen LogP contribution is 2.30. The van der Waals surface area contributed by atoms with Crippen LogP contribution in [0.5, 0.6) is 5.75 Å². The highest BCUT2D eigenvalue weighted by atomic mass is 16.5. The number of pyridine rings is 1. The molecular weight excluding hydrogens is 328 g/mol. The van der Waals surface area contributed by atoms with Crippen molar-refractivity contribution in [1.29, 1.82) is 0 Å². The summed E-state index contributed by atoms with van der Waals surface area (Å²) >= 11 is 0. The van der Waals surface area contributed by atoms with Gasteiger partial charge in [-0.05, 0) is 30.9 Å². The Morgan fingerprint density at radius 1 is 1.15 bits per heavy atom. The quantitative estimate of drug-likeness (QED) is 0.811. The van der Waals surface area contributed by atoms with Gasteiger partial charge in [-0.25, -0.2) is 0 Å². The van der Waals surface area contributed by atoms with Crippen molar-refractivity contribution in [3.8, 4) is 5.75 Å². The minimum Gasteiger partial charge on any atom is -0.493 e. The molecule has 1 aromatic heterocycles. The summed E-state index contributed by atoms with van der Waals surface area (Å²) in [5, 5.41) is 2.38. The van der Waals surface area contributed by atoms with Crippen LogP contribution in [-0.2, 0) is 16.0 Å². The Labute approximate surface area is 153 Å². The number of carbonyl (C=O) groups is 2. The molecular formula is C21H24N2O3. The predicted molar refractivity (Wildman–Crippen MR) is 99.0 cm³/mol. The molecule has 2 aromatic rings. The van der Waals surface area contributed by atoms with Gasteiger partial charge >= 0.3 is 0 Å². The largest absolute Gasteiger partial charge is 0.493 e. The summed E-state index contributed by atoms with van der Waals surface area (Å²) in [6.45, 7) is 6.50. The van der Waals surface area contributed by atoms with Crippen molar-refractivity contribution in [3.63, 3.8) is 0 Å². The normalized spacial score (nSPS) is 17.9. The summed E-state index contributed by atoms with van der Waals surface area (Å²) in [5.74, 6) is 0.256. The van der Waals surface area contributed by atoms with Crippen molar-refractivity contribution >= 4 is 11.8 Å². The Morgan fingerprint density at radius 2 is 1.81 bits per heavy atom. The molecule has 0 spiro atoms. The molecule has 0 saturated carbocycles. The zero-order valence-electron chi connectivity index (χ0n) is 15.4. The Bertz CT molecular complexity index is 794. The van der Waals surface area contributed by atoms with Crippen molar-refractivity contribution < 1.29 is 14.3 Å². The summed E-state index contributed by atoms with van der Waals surface area (Å²) < 4.78 is 5.83. The van der Waals surface area contributed by atoms with Crippen molar-refractivity contribution in [2.24, 2.45) is 5.92 Å². The number of aromatic nitrogens is 1. The summed E-state index contributed by atoms with van der Waals surface area (Å²) in [7, 11) is 0. The molecule has 1 saturated heterocycles.